The summed E-state index contributed by atoms with van der Waals surface area (Å²) in [7, 11) is 0. The van der Waals surface area contributed by atoms with Gasteiger partial charge in [-0.3, -0.25) is 4.79 Å². The number of hydrogen-bond donors (Lipinski definition) is 1. The van der Waals surface area contributed by atoms with E-state index in [1.54, 1.807) is 11.8 Å². The monoisotopic (exact) mass is 484 g/mol. The van der Waals surface area contributed by atoms with Crippen LogP contribution in [0.3, 0.4) is 0 Å². The molecule has 2 heterocycles. The van der Waals surface area contributed by atoms with Gasteiger partial charge in [0.05, 0.1) is 34.4 Å². The van der Waals surface area contributed by atoms with Gasteiger partial charge in [-0.1, -0.05) is 11.6 Å². The second-order valence-electron chi connectivity index (χ2n) is 6.91. The first kappa shape index (κ1) is 24.0. The number of hydrogen-bond acceptors (Lipinski definition) is 6. The van der Waals surface area contributed by atoms with Crippen molar-refractivity contribution in [3.05, 3.63) is 52.0 Å². The summed E-state index contributed by atoms with van der Waals surface area (Å²) >= 11 is 7.75. The molecule has 0 unspecified atom stereocenters. The van der Waals surface area contributed by atoms with E-state index in [4.69, 9.17) is 21.6 Å². The van der Waals surface area contributed by atoms with E-state index in [9.17, 15) is 18.0 Å². The number of carbonyl (C=O) groups excluding carboxylic acids is 1. The van der Waals surface area contributed by atoms with Crippen molar-refractivity contribution in [3.8, 4) is 11.9 Å². The molecule has 1 aromatic carbocycles. The zero-order valence-electron chi connectivity index (χ0n) is 16.9. The SMILES string of the molecule is N#Cc1ccc(Cl)c(C(=O)NCCCOc2cc(C(F)(F)F)cc(N3CCSCC3)n2)c1. The van der Waals surface area contributed by atoms with Gasteiger partial charge in [-0.2, -0.15) is 35.2 Å². The summed E-state index contributed by atoms with van der Waals surface area (Å²) in [5, 5.41) is 11.8. The van der Waals surface area contributed by atoms with Gasteiger partial charge in [-0.25, -0.2) is 0 Å². The van der Waals surface area contributed by atoms with Crippen LogP contribution in [0, 0.1) is 11.3 Å². The molecule has 32 heavy (non-hydrogen) atoms. The fourth-order valence-corrected chi connectivity index (χ4v) is 4.10. The lowest BCUT2D eigenvalue weighted by atomic mass is 10.1. The summed E-state index contributed by atoms with van der Waals surface area (Å²) in [6.45, 7) is 1.52. The molecule has 11 heteroatoms. The molecule has 1 aliphatic rings. The van der Waals surface area contributed by atoms with E-state index >= 15 is 0 Å². The Hall–Kier alpha value is -2.64. The van der Waals surface area contributed by atoms with Gasteiger partial charge in [-0.05, 0) is 30.7 Å². The molecule has 2 aromatic rings. The lowest BCUT2D eigenvalue weighted by molar-refractivity contribution is -0.137. The average molecular weight is 485 g/mol. The molecular formula is C21H20ClF3N4O2S. The van der Waals surface area contributed by atoms with Crippen LogP contribution >= 0.6 is 23.4 Å². The smallest absolute Gasteiger partial charge is 0.416 e. The fraction of sp³-hybridized carbons (Fsp3) is 0.381. The molecule has 3 rings (SSSR count). The number of halogens is 4. The number of pyridine rings is 1. The summed E-state index contributed by atoms with van der Waals surface area (Å²) in [5.74, 6) is 1.35. The first-order valence-corrected chi connectivity index (χ1v) is 11.3. The number of nitriles is 1. The van der Waals surface area contributed by atoms with Crippen LogP contribution in [0.5, 0.6) is 5.88 Å². The Labute approximate surface area is 192 Å². The van der Waals surface area contributed by atoms with Gasteiger partial charge in [0.25, 0.3) is 5.91 Å². The normalized spacial score (nSPS) is 14.0. The Morgan fingerprint density at radius 1 is 1.28 bits per heavy atom. The van der Waals surface area contributed by atoms with Crippen molar-refractivity contribution in [3.63, 3.8) is 0 Å². The maximum absolute atomic E-state index is 13.3. The highest BCUT2D eigenvalue weighted by molar-refractivity contribution is 7.99. The number of alkyl halides is 3. The summed E-state index contributed by atoms with van der Waals surface area (Å²) < 4.78 is 45.4. The number of rotatable bonds is 7. The molecular weight excluding hydrogens is 465 g/mol. The highest BCUT2D eigenvalue weighted by Gasteiger charge is 2.32. The Balaban J connectivity index is 1.57. The van der Waals surface area contributed by atoms with Crippen molar-refractivity contribution in [2.45, 2.75) is 12.6 Å². The molecule has 1 saturated heterocycles. The van der Waals surface area contributed by atoms with Gasteiger partial charge in [0.2, 0.25) is 5.88 Å². The minimum Gasteiger partial charge on any atom is -0.478 e. The minimum atomic E-state index is -4.51. The van der Waals surface area contributed by atoms with Crippen LogP contribution in [0.2, 0.25) is 5.02 Å². The number of benzene rings is 1. The van der Waals surface area contributed by atoms with Crippen molar-refractivity contribution < 1.29 is 22.7 Å². The van der Waals surface area contributed by atoms with E-state index in [1.165, 1.54) is 18.2 Å². The van der Waals surface area contributed by atoms with Gasteiger partial charge in [-0.15, -0.1) is 0 Å². The van der Waals surface area contributed by atoms with Gasteiger partial charge < -0.3 is 15.0 Å². The third-order valence-electron chi connectivity index (χ3n) is 4.65. The Morgan fingerprint density at radius 3 is 2.72 bits per heavy atom. The number of ether oxygens (including phenoxy) is 1. The standard InChI is InChI=1S/C21H20ClF3N4O2S/c22-17-3-2-14(13-26)10-16(17)20(30)27-4-1-7-31-19-12-15(21(23,24)25)11-18(28-19)29-5-8-32-9-6-29/h2-3,10-12H,1,4-9H2,(H,27,30). The lowest BCUT2D eigenvalue weighted by Gasteiger charge is -2.28. The van der Waals surface area contributed by atoms with Crippen molar-refractivity contribution in [1.82, 2.24) is 10.3 Å². The predicted molar refractivity (Wildman–Crippen MR) is 117 cm³/mol. The molecule has 1 N–H and O–H groups in total. The van der Waals surface area contributed by atoms with Crippen LogP contribution in [0.1, 0.15) is 27.9 Å². The third kappa shape index (κ3) is 6.43. The molecule has 0 spiro atoms. The first-order valence-electron chi connectivity index (χ1n) is 9.80. The van der Waals surface area contributed by atoms with Crippen molar-refractivity contribution in [2.75, 3.05) is 42.6 Å². The van der Waals surface area contributed by atoms with E-state index < -0.39 is 17.6 Å². The zero-order valence-corrected chi connectivity index (χ0v) is 18.5. The van der Waals surface area contributed by atoms with E-state index in [0.29, 0.717) is 25.1 Å². The van der Waals surface area contributed by atoms with Gasteiger partial charge in [0.15, 0.2) is 0 Å². The van der Waals surface area contributed by atoms with Crippen LogP contribution in [0.15, 0.2) is 30.3 Å². The van der Waals surface area contributed by atoms with Crippen LogP contribution in [-0.2, 0) is 6.18 Å². The van der Waals surface area contributed by atoms with Crippen LogP contribution in [0.4, 0.5) is 19.0 Å². The van der Waals surface area contributed by atoms with Crippen molar-refractivity contribution in [1.29, 1.82) is 5.26 Å². The maximum Gasteiger partial charge on any atom is 0.416 e. The molecule has 0 bridgehead atoms. The summed E-state index contributed by atoms with van der Waals surface area (Å²) in [6, 6.07) is 8.23. The highest BCUT2D eigenvalue weighted by atomic mass is 35.5. The molecule has 0 atom stereocenters. The molecule has 6 nitrogen and oxygen atoms in total. The van der Waals surface area contributed by atoms with Crippen LogP contribution < -0.4 is 15.0 Å². The minimum absolute atomic E-state index is 0.0653. The van der Waals surface area contributed by atoms with Crippen LogP contribution in [0.25, 0.3) is 0 Å². The largest absolute Gasteiger partial charge is 0.478 e. The topological polar surface area (TPSA) is 78.2 Å². The maximum atomic E-state index is 13.3. The number of thioether (sulfide) groups is 1. The van der Waals surface area contributed by atoms with Crippen molar-refractivity contribution >= 4 is 35.1 Å². The summed E-state index contributed by atoms with van der Waals surface area (Å²) in [5.41, 5.74) is -0.326. The molecule has 1 amide bonds. The van der Waals surface area contributed by atoms with E-state index in [-0.39, 0.29) is 35.4 Å². The lowest BCUT2D eigenvalue weighted by Crippen LogP contribution is -2.33. The number of aromatic nitrogens is 1. The van der Waals surface area contributed by atoms with Gasteiger partial charge in [0, 0.05) is 37.2 Å². The molecule has 1 aromatic heterocycles. The Morgan fingerprint density at radius 2 is 2.03 bits per heavy atom. The Bertz CT molecular complexity index is 1010. The highest BCUT2D eigenvalue weighted by Crippen LogP contribution is 2.34. The average Bonchev–Trinajstić information content (AvgIpc) is 2.79. The molecule has 0 radical (unpaired) electrons. The molecule has 1 aliphatic heterocycles. The number of nitrogens with one attached hydrogen (secondary N) is 1. The van der Waals surface area contributed by atoms with E-state index in [0.717, 1.165) is 23.6 Å². The molecule has 0 aliphatic carbocycles. The third-order valence-corrected chi connectivity index (χ3v) is 5.92. The quantitative estimate of drug-likeness (QED) is 0.588. The van der Waals surface area contributed by atoms with Crippen molar-refractivity contribution in [2.24, 2.45) is 0 Å². The predicted octanol–water partition coefficient (Wildman–Crippen LogP) is 4.38. The fourth-order valence-electron chi connectivity index (χ4n) is 3.00. The van der Waals surface area contributed by atoms with Gasteiger partial charge >= 0.3 is 6.18 Å². The Kier molecular flexibility index (Phi) is 8.10. The number of carbonyl (C=O) groups is 1. The van der Waals surface area contributed by atoms with E-state index in [1.807, 2.05) is 11.0 Å². The molecule has 170 valence electrons. The van der Waals surface area contributed by atoms with E-state index in [2.05, 4.69) is 10.3 Å². The second kappa shape index (κ2) is 10.8. The van der Waals surface area contributed by atoms with Crippen LogP contribution in [-0.4, -0.2) is 48.6 Å². The first-order chi connectivity index (χ1) is 15.3. The number of anilines is 1. The zero-order chi connectivity index (χ0) is 23.1. The molecule has 1 fully saturated rings. The summed E-state index contributed by atoms with van der Waals surface area (Å²) in [6.07, 6.45) is -4.17. The number of nitrogens with zero attached hydrogens (tertiary/aromatic N) is 3. The van der Waals surface area contributed by atoms with Gasteiger partial charge in [0.1, 0.15) is 5.82 Å². The number of amides is 1. The summed E-state index contributed by atoms with van der Waals surface area (Å²) in [4.78, 5) is 18.3. The molecule has 0 saturated carbocycles. The second-order valence-corrected chi connectivity index (χ2v) is 8.55.